The highest BCUT2D eigenvalue weighted by Gasteiger charge is 2.57. The van der Waals surface area contributed by atoms with Gasteiger partial charge in [0.25, 0.3) is 0 Å². The van der Waals surface area contributed by atoms with Crippen LogP contribution in [0.3, 0.4) is 0 Å². The maximum Gasteiger partial charge on any atom is 0.179 e. The molecule has 2 atom stereocenters. The van der Waals surface area contributed by atoms with Gasteiger partial charge in [-0.1, -0.05) is 0 Å². The van der Waals surface area contributed by atoms with Gasteiger partial charge in [0.15, 0.2) is 12.1 Å². The topological polar surface area (TPSA) is 58.9 Å². The standard InChI is InChI=1S/C9H16O4/c1-6-12-9(13-6)3-2-7(4-10)8(9)5-11/h6-8,10-11H,2-5H2,1H3/t6-,7?,8?,9+. The zero-order valence-electron chi connectivity index (χ0n) is 7.77. The first kappa shape index (κ1) is 9.40. The number of hydrogen-bond acceptors (Lipinski definition) is 4. The lowest BCUT2D eigenvalue weighted by Crippen LogP contribution is -2.56. The summed E-state index contributed by atoms with van der Waals surface area (Å²) in [5.74, 6) is -0.520. The Morgan fingerprint density at radius 1 is 1.31 bits per heavy atom. The van der Waals surface area contributed by atoms with E-state index in [1.807, 2.05) is 6.92 Å². The molecule has 1 spiro atoms. The molecule has 76 valence electrons. The molecule has 2 unspecified atom stereocenters. The van der Waals surface area contributed by atoms with E-state index in [1.165, 1.54) is 0 Å². The smallest absolute Gasteiger partial charge is 0.179 e. The fraction of sp³-hybridized carbons (Fsp3) is 1.00. The van der Waals surface area contributed by atoms with E-state index in [9.17, 15) is 5.11 Å². The van der Waals surface area contributed by atoms with E-state index in [0.717, 1.165) is 12.8 Å². The Kier molecular flexibility index (Phi) is 2.32. The Morgan fingerprint density at radius 2 is 2.00 bits per heavy atom. The van der Waals surface area contributed by atoms with Gasteiger partial charge in [-0.15, -0.1) is 0 Å². The minimum Gasteiger partial charge on any atom is -0.396 e. The van der Waals surface area contributed by atoms with E-state index >= 15 is 0 Å². The van der Waals surface area contributed by atoms with Gasteiger partial charge in [0.05, 0.1) is 6.61 Å². The van der Waals surface area contributed by atoms with Crippen molar-refractivity contribution < 1.29 is 19.7 Å². The fourth-order valence-electron chi connectivity index (χ4n) is 2.50. The number of aliphatic hydroxyl groups excluding tert-OH is 2. The molecule has 1 aliphatic heterocycles. The molecule has 1 saturated heterocycles. The molecular formula is C9H16O4. The first-order chi connectivity index (χ1) is 6.22. The van der Waals surface area contributed by atoms with Crippen LogP contribution in [-0.4, -0.2) is 35.5 Å². The SMILES string of the molecule is C[C@H]1O[C@]2(CCC(CO)C2CO)O1. The van der Waals surface area contributed by atoms with Crippen LogP contribution in [0.1, 0.15) is 19.8 Å². The van der Waals surface area contributed by atoms with Crippen LogP contribution in [0.4, 0.5) is 0 Å². The fourth-order valence-corrected chi connectivity index (χ4v) is 2.50. The third-order valence-electron chi connectivity index (χ3n) is 3.16. The average molecular weight is 188 g/mol. The van der Waals surface area contributed by atoms with E-state index in [4.69, 9.17) is 14.6 Å². The van der Waals surface area contributed by atoms with Crippen molar-refractivity contribution in [1.29, 1.82) is 0 Å². The lowest BCUT2D eigenvalue weighted by atomic mass is 9.93. The van der Waals surface area contributed by atoms with Crippen LogP contribution in [-0.2, 0) is 9.47 Å². The minimum atomic E-state index is -0.582. The number of ether oxygens (including phenoxy) is 2. The molecule has 2 N–H and O–H groups in total. The highest BCUT2D eigenvalue weighted by molar-refractivity contribution is 4.95. The van der Waals surface area contributed by atoms with Crippen molar-refractivity contribution in [2.45, 2.75) is 31.8 Å². The first-order valence-electron chi connectivity index (χ1n) is 4.79. The Balaban J connectivity index is 2.05. The van der Waals surface area contributed by atoms with E-state index in [-0.39, 0.29) is 31.3 Å². The molecule has 4 heteroatoms. The van der Waals surface area contributed by atoms with Crippen LogP contribution in [0.5, 0.6) is 0 Å². The van der Waals surface area contributed by atoms with Crippen molar-refractivity contribution in [2.75, 3.05) is 13.2 Å². The second-order valence-electron chi connectivity index (χ2n) is 3.89. The Labute approximate surface area is 77.5 Å². The Morgan fingerprint density at radius 3 is 2.46 bits per heavy atom. The second-order valence-corrected chi connectivity index (χ2v) is 3.89. The van der Waals surface area contributed by atoms with Crippen molar-refractivity contribution in [3.8, 4) is 0 Å². The van der Waals surface area contributed by atoms with Gasteiger partial charge in [-0.3, -0.25) is 0 Å². The van der Waals surface area contributed by atoms with E-state index in [2.05, 4.69) is 0 Å². The third kappa shape index (κ3) is 1.29. The molecule has 1 heterocycles. The van der Waals surface area contributed by atoms with Crippen LogP contribution >= 0.6 is 0 Å². The highest BCUT2D eigenvalue weighted by Crippen LogP contribution is 2.49. The van der Waals surface area contributed by atoms with Crippen molar-refractivity contribution in [3.63, 3.8) is 0 Å². The van der Waals surface area contributed by atoms with Gasteiger partial charge in [-0.05, 0) is 19.3 Å². The molecule has 0 bridgehead atoms. The van der Waals surface area contributed by atoms with E-state index < -0.39 is 5.79 Å². The van der Waals surface area contributed by atoms with Gasteiger partial charge in [0.2, 0.25) is 0 Å². The van der Waals surface area contributed by atoms with Gasteiger partial charge in [-0.2, -0.15) is 0 Å². The Bertz CT molecular complexity index is 188. The minimum absolute atomic E-state index is 0.0257. The van der Waals surface area contributed by atoms with E-state index in [0.29, 0.717) is 0 Å². The van der Waals surface area contributed by atoms with Crippen molar-refractivity contribution >= 4 is 0 Å². The van der Waals surface area contributed by atoms with Gasteiger partial charge in [0, 0.05) is 18.9 Å². The number of aliphatic hydroxyl groups is 2. The molecule has 0 amide bonds. The second kappa shape index (κ2) is 3.20. The van der Waals surface area contributed by atoms with Gasteiger partial charge >= 0.3 is 0 Å². The maximum absolute atomic E-state index is 9.18. The molecule has 4 nitrogen and oxygen atoms in total. The van der Waals surface area contributed by atoms with Gasteiger partial charge < -0.3 is 19.7 Å². The molecule has 2 fully saturated rings. The summed E-state index contributed by atoms with van der Waals surface area (Å²) in [5.41, 5.74) is 0. The van der Waals surface area contributed by atoms with Crippen LogP contribution in [0.15, 0.2) is 0 Å². The van der Waals surface area contributed by atoms with Crippen molar-refractivity contribution in [1.82, 2.24) is 0 Å². The summed E-state index contributed by atoms with van der Waals surface area (Å²) in [6.45, 7) is 1.97. The quantitative estimate of drug-likeness (QED) is 0.644. The lowest BCUT2D eigenvalue weighted by Gasteiger charge is -2.47. The molecule has 13 heavy (non-hydrogen) atoms. The molecule has 2 rings (SSSR count). The van der Waals surface area contributed by atoms with Crippen LogP contribution in [0.2, 0.25) is 0 Å². The summed E-state index contributed by atoms with van der Waals surface area (Å²) >= 11 is 0. The van der Waals surface area contributed by atoms with Crippen LogP contribution in [0, 0.1) is 11.8 Å². The summed E-state index contributed by atoms with van der Waals surface area (Å²) in [4.78, 5) is 0. The molecule has 2 aliphatic rings. The lowest BCUT2D eigenvalue weighted by molar-refractivity contribution is -0.460. The van der Waals surface area contributed by atoms with Crippen molar-refractivity contribution in [2.24, 2.45) is 11.8 Å². The Hall–Kier alpha value is -0.160. The van der Waals surface area contributed by atoms with Crippen LogP contribution < -0.4 is 0 Å². The van der Waals surface area contributed by atoms with Crippen molar-refractivity contribution in [3.05, 3.63) is 0 Å². The summed E-state index contributed by atoms with van der Waals surface area (Å²) < 4.78 is 11.1. The predicted molar refractivity (Wildman–Crippen MR) is 44.7 cm³/mol. The first-order valence-corrected chi connectivity index (χ1v) is 4.79. The normalized spacial score (nSPS) is 49.6. The molecule has 1 saturated carbocycles. The molecule has 0 radical (unpaired) electrons. The molecule has 0 aromatic carbocycles. The molecule has 1 aliphatic carbocycles. The molecule has 0 aromatic rings. The third-order valence-corrected chi connectivity index (χ3v) is 3.16. The molecule has 0 aromatic heterocycles. The largest absolute Gasteiger partial charge is 0.396 e. The monoisotopic (exact) mass is 188 g/mol. The molecular weight excluding hydrogens is 172 g/mol. The predicted octanol–water partition coefficient (Wildman–Crippen LogP) is 0.0863. The summed E-state index contributed by atoms with van der Waals surface area (Å²) in [7, 11) is 0. The van der Waals surface area contributed by atoms with Crippen LogP contribution in [0.25, 0.3) is 0 Å². The average Bonchev–Trinajstić information content (AvgIpc) is 2.42. The summed E-state index contributed by atoms with van der Waals surface area (Å²) in [6.07, 6.45) is 1.49. The summed E-state index contributed by atoms with van der Waals surface area (Å²) in [6, 6.07) is 0. The number of rotatable bonds is 2. The highest BCUT2D eigenvalue weighted by atomic mass is 16.9. The van der Waals surface area contributed by atoms with Gasteiger partial charge in [-0.25, -0.2) is 0 Å². The summed E-state index contributed by atoms with van der Waals surface area (Å²) in [5, 5.41) is 18.2. The zero-order chi connectivity index (χ0) is 9.47. The number of hydrogen-bond donors (Lipinski definition) is 2. The zero-order valence-corrected chi connectivity index (χ0v) is 7.77. The van der Waals surface area contributed by atoms with Gasteiger partial charge in [0.1, 0.15) is 0 Å². The maximum atomic E-state index is 9.18. The van der Waals surface area contributed by atoms with E-state index in [1.54, 1.807) is 0 Å².